The molecule has 43 heavy (non-hydrogen) atoms. The van der Waals surface area contributed by atoms with Crippen LogP contribution >= 0.6 is 11.6 Å². The summed E-state index contributed by atoms with van der Waals surface area (Å²) in [6.45, 7) is 14.2. The minimum atomic E-state index is -1.45. The van der Waals surface area contributed by atoms with Crippen molar-refractivity contribution in [3.05, 3.63) is 0 Å². The molecule has 2 saturated heterocycles. The van der Waals surface area contributed by atoms with Gasteiger partial charge in [0.1, 0.15) is 36.1 Å². The van der Waals surface area contributed by atoms with E-state index in [4.69, 9.17) is 25.8 Å². The number of rotatable bonds is 9. The fourth-order valence-electron chi connectivity index (χ4n) is 11.8. The Hall–Kier alpha value is 0.01000. The van der Waals surface area contributed by atoms with E-state index in [2.05, 4.69) is 41.5 Å². The molecule has 6 fully saturated rings. The molecule has 2 heterocycles. The van der Waals surface area contributed by atoms with Crippen molar-refractivity contribution < 1.29 is 34.6 Å². The topological polar surface area (TPSA) is 112 Å². The zero-order valence-electron chi connectivity index (χ0n) is 27.3. The van der Waals surface area contributed by atoms with Crippen molar-refractivity contribution in [3.63, 3.8) is 0 Å². The predicted octanol–water partition coefficient (Wildman–Crippen LogP) is 5.28. The molecule has 4 N–H and O–H groups in total. The summed E-state index contributed by atoms with van der Waals surface area (Å²) in [5.74, 6) is 5.10. The standard InChI is InChI=1S/C35H59ClO7/c1-7-20(18(2)3)9-8-19(4)22-10-11-23-21-16-27(36)35-31(43-35)25(13-15-34(35,6)24(21)12-14-33(22,23)5)41-32-30(40)29(39)28(38)26(17-37)42-32/h18-32,37-40H,7-17H2,1-6H3. The molecule has 0 bridgehead atoms. The smallest absolute Gasteiger partial charge is 0.187 e. The molecule has 1 spiro atoms. The number of epoxide rings is 1. The van der Waals surface area contributed by atoms with Crippen LogP contribution < -0.4 is 0 Å². The van der Waals surface area contributed by atoms with Gasteiger partial charge in [-0.25, -0.2) is 0 Å². The fourth-order valence-corrected chi connectivity index (χ4v) is 12.5. The lowest BCUT2D eigenvalue weighted by atomic mass is 9.44. The first kappa shape index (κ1) is 32.9. The normalized spacial score (nSPS) is 53.9. The first-order valence-corrected chi connectivity index (χ1v) is 18.1. The minimum absolute atomic E-state index is 0.0289. The number of alkyl halides is 1. The lowest BCUT2D eigenvalue weighted by molar-refractivity contribution is -0.314. The summed E-state index contributed by atoms with van der Waals surface area (Å²) in [6, 6.07) is 0. The maximum Gasteiger partial charge on any atom is 0.187 e. The maximum absolute atomic E-state index is 10.6. The summed E-state index contributed by atoms with van der Waals surface area (Å²) < 4.78 is 18.6. The van der Waals surface area contributed by atoms with E-state index in [1.807, 2.05) is 0 Å². The number of aliphatic hydroxyl groups is 4. The summed E-state index contributed by atoms with van der Waals surface area (Å²) >= 11 is 7.40. The molecule has 6 aliphatic rings. The summed E-state index contributed by atoms with van der Waals surface area (Å²) in [4.78, 5) is 0. The Kier molecular flexibility index (Phi) is 9.12. The van der Waals surface area contributed by atoms with E-state index in [0.717, 1.165) is 48.9 Å². The number of halogens is 1. The highest BCUT2D eigenvalue weighted by atomic mass is 35.5. The van der Waals surface area contributed by atoms with Crippen molar-refractivity contribution in [2.75, 3.05) is 6.61 Å². The lowest BCUT2D eigenvalue weighted by Gasteiger charge is -2.61. The van der Waals surface area contributed by atoms with Crippen molar-refractivity contribution in [3.8, 4) is 0 Å². The van der Waals surface area contributed by atoms with Crippen LogP contribution in [0.3, 0.4) is 0 Å². The van der Waals surface area contributed by atoms with Gasteiger partial charge in [0.05, 0.1) is 18.1 Å². The molecule has 0 aromatic rings. The van der Waals surface area contributed by atoms with E-state index in [9.17, 15) is 20.4 Å². The van der Waals surface area contributed by atoms with E-state index in [-0.39, 0.29) is 23.0 Å². The minimum Gasteiger partial charge on any atom is -0.394 e. The van der Waals surface area contributed by atoms with Crippen LogP contribution in [0, 0.1) is 52.3 Å². The van der Waals surface area contributed by atoms with Crippen LogP contribution in [0.1, 0.15) is 106 Å². The van der Waals surface area contributed by atoms with Crippen molar-refractivity contribution in [1.29, 1.82) is 0 Å². The highest BCUT2D eigenvalue weighted by molar-refractivity contribution is 6.22. The second-order valence-electron chi connectivity index (χ2n) is 16.4. The Labute approximate surface area is 264 Å². The average Bonchev–Trinajstić information content (AvgIpc) is 3.65. The van der Waals surface area contributed by atoms with E-state index >= 15 is 0 Å². The van der Waals surface area contributed by atoms with Crippen molar-refractivity contribution in [1.82, 2.24) is 0 Å². The predicted molar refractivity (Wildman–Crippen MR) is 165 cm³/mol. The molecular weight excluding hydrogens is 568 g/mol. The van der Waals surface area contributed by atoms with Gasteiger partial charge < -0.3 is 34.6 Å². The van der Waals surface area contributed by atoms with Crippen LogP contribution in [0.25, 0.3) is 0 Å². The Morgan fingerprint density at radius 1 is 0.930 bits per heavy atom. The van der Waals surface area contributed by atoms with Gasteiger partial charge in [-0.2, -0.15) is 0 Å². The van der Waals surface area contributed by atoms with Gasteiger partial charge >= 0.3 is 0 Å². The van der Waals surface area contributed by atoms with Crippen LogP contribution in [0.2, 0.25) is 0 Å². The molecule has 6 rings (SSSR count). The zero-order chi connectivity index (χ0) is 31.1. The van der Waals surface area contributed by atoms with Crippen LogP contribution in [0.15, 0.2) is 0 Å². The third kappa shape index (κ3) is 5.00. The van der Waals surface area contributed by atoms with Gasteiger partial charge in [0.25, 0.3) is 0 Å². The number of ether oxygens (including phenoxy) is 3. The van der Waals surface area contributed by atoms with E-state index in [0.29, 0.717) is 17.3 Å². The molecule has 2 aliphatic heterocycles. The second-order valence-corrected chi connectivity index (χ2v) is 17.0. The summed E-state index contributed by atoms with van der Waals surface area (Å²) in [5.41, 5.74) is -0.0818. The Morgan fingerprint density at radius 2 is 1.67 bits per heavy atom. The highest BCUT2D eigenvalue weighted by Crippen LogP contribution is 2.74. The fraction of sp³-hybridized carbons (Fsp3) is 1.00. The SMILES string of the molecule is CCC(CCC(C)C1CCC2C3CC(Cl)C45OC4C(OC4OC(CO)C(O)C(O)C4O)CCC5(C)C3CCC12C)C(C)C. The molecular formula is C35H59ClO7. The monoisotopic (exact) mass is 626 g/mol. The number of fused-ring (bicyclic) bond motifs is 4. The number of hydrogen-bond donors (Lipinski definition) is 4. The van der Waals surface area contributed by atoms with Gasteiger partial charge in [-0.1, -0.05) is 54.4 Å². The zero-order valence-corrected chi connectivity index (χ0v) is 28.1. The molecule has 0 radical (unpaired) electrons. The molecule has 17 atom stereocenters. The molecule has 4 aliphatic carbocycles. The molecule has 0 aromatic heterocycles. The van der Waals surface area contributed by atoms with Gasteiger partial charge in [-0.05, 0) is 98.2 Å². The van der Waals surface area contributed by atoms with Gasteiger partial charge in [-0.15, -0.1) is 11.6 Å². The van der Waals surface area contributed by atoms with E-state index in [1.54, 1.807) is 0 Å². The third-order valence-corrected chi connectivity index (χ3v) is 14.9. The summed E-state index contributed by atoms with van der Waals surface area (Å²) in [7, 11) is 0. The Balaban J connectivity index is 1.14. The van der Waals surface area contributed by atoms with Gasteiger partial charge in [0.2, 0.25) is 0 Å². The van der Waals surface area contributed by atoms with Gasteiger partial charge in [-0.3, -0.25) is 0 Å². The molecule has 0 aromatic carbocycles. The molecule has 17 unspecified atom stereocenters. The van der Waals surface area contributed by atoms with Crippen molar-refractivity contribution in [2.45, 2.75) is 160 Å². The van der Waals surface area contributed by atoms with Gasteiger partial charge in [0.15, 0.2) is 6.29 Å². The molecule has 4 saturated carbocycles. The number of hydrogen-bond acceptors (Lipinski definition) is 7. The van der Waals surface area contributed by atoms with Crippen LogP contribution in [-0.2, 0) is 14.2 Å². The molecule has 248 valence electrons. The first-order valence-electron chi connectivity index (χ1n) is 17.6. The quantitative estimate of drug-likeness (QED) is 0.157. The summed E-state index contributed by atoms with van der Waals surface area (Å²) in [6.07, 6.45) is 5.00. The Bertz CT molecular complexity index is 995. The first-order chi connectivity index (χ1) is 20.3. The summed E-state index contributed by atoms with van der Waals surface area (Å²) in [5, 5.41) is 40.6. The lowest BCUT2D eigenvalue weighted by Crippen LogP contribution is -2.64. The molecule has 0 amide bonds. The van der Waals surface area contributed by atoms with Gasteiger partial charge in [0, 0.05) is 5.41 Å². The van der Waals surface area contributed by atoms with Crippen LogP contribution in [-0.4, -0.2) is 80.9 Å². The van der Waals surface area contributed by atoms with E-state index < -0.39 is 42.9 Å². The van der Waals surface area contributed by atoms with E-state index in [1.165, 1.54) is 44.9 Å². The van der Waals surface area contributed by atoms with Crippen molar-refractivity contribution in [2.24, 2.45) is 52.3 Å². The second kappa shape index (κ2) is 11.9. The van der Waals surface area contributed by atoms with Crippen LogP contribution in [0.4, 0.5) is 0 Å². The van der Waals surface area contributed by atoms with Crippen molar-refractivity contribution >= 4 is 11.6 Å². The van der Waals surface area contributed by atoms with Crippen LogP contribution in [0.5, 0.6) is 0 Å². The third-order valence-electron chi connectivity index (χ3n) is 14.4. The highest BCUT2D eigenvalue weighted by Gasteiger charge is 2.80. The maximum atomic E-state index is 10.6. The largest absolute Gasteiger partial charge is 0.394 e. The molecule has 7 nitrogen and oxygen atoms in total. The number of aliphatic hydroxyl groups excluding tert-OH is 4. The Morgan fingerprint density at radius 3 is 2.35 bits per heavy atom. The molecule has 8 heteroatoms. The average molecular weight is 627 g/mol.